The number of nitrogens with one attached hydrogen (secondary N) is 1. The molecule has 0 saturated carbocycles. The molecule has 0 atom stereocenters. The number of nitrogen functional groups attached to an aromatic ring is 1. The van der Waals surface area contributed by atoms with E-state index in [0.29, 0.717) is 10.8 Å². The first-order valence-corrected chi connectivity index (χ1v) is 6.18. The zero-order valence-electron chi connectivity index (χ0n) is 9.45. The van der Waals surface area contributed by atoms with Gasteiger partial charge in [0.05, 0.1) is 12.7 Å². The monoisotopic (exact) mass is 269 g/mol. The predicted octanol–water partition coefficient (Wildman–Crippen LogP) is 3.07. The van der Waals surface area contributed by atoms with E-state index < -0.39 is 0 Å². The summed E-state index contributed by atoms with van der Waals surface area (Å²) >= 11 is 7.59. The summed E-state index contributed by atoms with van der Waals surface area (Å²) in [6.07, 6.45) is 0. The zero-order chi connectivity index (χ0) is 12.4. The molecule has 0 aliphatic carbocycles. The third-order valence-electron chi connectivity index (χ3n) is 2.36. The third-order valence-corrected chi connectivity index (χ3v) is 3.65. The Morgan fingerprint density at radius 1 is 1.47 bits per heavy atom. The van der Waals surface area contributed by atoms with E-state index in [1.807, 2.05) is 24.4 Å². The molecule has 17 heavy (non-hydrogen) atoms. The normalized spacial score (nSPS) is 10.4. The zero-order valence-corrected chi connectivity index (χ0v) is 11.0. The van der Waals surface area contributed by atoms with Crippen LogP contribution in [0, 0.1) is 6.92 Å². The summed E-state index contributed by atoms with van der Waals surface area (Å²) in [7, 11) is 1.63. The number of halogens is 1. The molecule has 4 nitrogen and oxygen atoms in total. The first kappa shape index (κ1) is 12.2. The molecule has 3 N–H and O–H groups in total. The Morgan fingerprint density at radius 3 is 2.82 bits per heavy atom. The van der Waals surface area contributed by atoms with Gasteiger partial charge in [0.2, 0.25) is 0 Å². The van der Waals surface area contributed by atoms with Crippen molar-refractivity contribution in [2.24, 2.45) is 5.84 Å². The topological polar surface area (TPSA) is 60.2 Å². The number of anilines is 1. The Balaban J connectivity index is 2.53. The van der Waals surface area contributed by atoms with Crippen molar-refractivity contribution in [3.8, 4) is 16.3 Å². The Kier molecular flexibility index (Phi) is 3.51. The standard InChI is InChI=1S/C11H12ClN3OS/c1-6-3-9(16-2)7(4-8(6)12)11-14-10(15-13)5-17-11/h3-5,15H,13H2,1-2H3. The van der Waals surface area contributed by atoms with Crippen LogP contribution in [-0.2, 0) is 0 Å². The van der Waals surface area contributed by atoms with Gasteiger partial charge in [0.1, 0.15) is 10.8 Å². The Hall–Kier alpha value is -1.30. The minimum Gasteiger partial charge on any atom is -0.496 e. The molecule has 2 aromatic rings. The van der Waals surface area contributed by atoms with E-state index in [1.165, 1.54) is 11.3 Å². The maximum absolute atomic E-state index is 6.11. The number of benzene rings is 1. The second-order valence-electron chi connectivity index (χ2n) is 3.48. The number of aromatic nitrogens is 1. The molecule has 2 rings (SSSR count). The molecule has 6 heteroatoms. The molecule has 1 aromatic heterocycles. The number of aryl methyl sites for hydroxylation is 1. The molecular formula is C11H12ClN3OS. The SMILES string of the molecule is COc1cc(C)c(Cl)cc1-c1nc(NN)cs1. The molecule has 0 radical (unpaired) electrons. The van der Waals surface area contributed by atoms with Gasteiger partial charge in [-0.15, -0.1) is 11.3 Å². The van der Waals surface area contributed by atoms with Crippen LogP contribution >= 0.6 is 22.9 Å². The van der Waals surface area contributed by atoms with E-state index in [4.69, 9.17) is 22.2 Å². The first-order valence-electron chi connectivity index (χ1n) is 4.92. The minimum absolute atomic E-state index is 0.628. The lowest BCUT2D eigenvalue weighted by Gasteiger charge is -2.08. The summed E-state index contributed by atoms with van der Waals surface area (Å²) in [5.41, 5.74) is 4.35. The lowest BCUT2D eigenvalue weighted by Crippen LogP contribution is -2.06. The van der Waals surface area contributed by atoms with Crippen molar-refractivity contribution in [3.05, 3.63) is 28.1 Å². The molecule has 0 unspecified atom stereocenters. The second kappa shape index (κ2) is 4.91. The van der Waals surface area contributed by atoms with Crippen LogP contribution in [0.3, 0.4) is 0 Å². The molecule has 0 aliphatic heterocycles. The van der Waals surface area contributed by atoms with Gasteiger partial charge in [0.25, 0.3) is 0 Å². The van der Waals surface area contributed by atoms with Crippen LogP contribution < -0.4 is 16.0 Å². The number of nitrogens with two attached hydrogens (primary N) is 1. The quantitative estimate of drug-likeness (QED) is 0.664. The molecule has 1 aromatic carbocycles. The minimum atomic E-state index is 0.628. The molecule has 1 heterocycles. The number of methoxy groups -OCH3 is 1. The highest BCUT2D eigenvalue weighted by Crippen LogP contribution is 2.36. The number of ether oxygens (including phenoxy) is 1. The summed E-state index contributed by atoms with van der Waals surface area (Å²) in [5, 5.41) is 3.35. The molecule has 0 spiro atoms. The van der Waals surface area contributed by atoms with Crippen molar-refractivity contribution in [1.29, 1.82) is 0 Å². The second-order valence-corrected chi connectivity index (χ2v) is 4.75. The van der Waals surface area contributed by atoms with E-state index in [9.17, 15) is 0 Å². The van der Waals surface area contributed by atoms with Crippen LogP contribution in [0.15, 0.2) is 17.5 Å². The fourth-order valence-electron chi connectivity index (χ4n) is 1.45. The molecule has 0 amide bonds. The van der Waals surface area contributed by atoms with Crippen molar-refractivity contribution in [2.45, 2.75) is 6.92 Å². The van der Waals surface area contributed by atoms with Gasteiger partial charge >= 0.3 is 0 Å². The number of rotatable bonds is 3. The summed E-state index contributed by atoms with van der Waals surface area (Å²) in [6.45, 7) is 1.93. The highest BCUT2D eigenvalue weighted by Gasteiger charge is 2.12. The smallest absolute Gasteiger partial charge is 0.151 e. The Morgan fingerprint density at radius 2 is 2.24 bits per heavy atom. The largest absolute Gasteiger partial charge is 0.496 e. The average molecular weight is 270 g/mol. The van der Waals surface area contributed by atoms with Gasteiger partial charge in [-0.2, -0.15) is 0 Å². The van der Waals surface area contributed by atoms with Crippen LogP contribution in [0.5, 0.6) is 5.75 Å². The van der Waals surface area contributed by atoms with Gasteiger partial charge in [-0.3, -0.25) is 0 Å². The first-order chi connectivity index (χ1) is 8.15. The van der Waals surface area contributed by atoms with Crippen molar-refractivity contribution in [1.82, 2.24) is 4.98 Å². The molecule has 0 saturated heterocycles. The molecular weight excluding hydrogens is 258 g/mol. The highest BCUT2D eigenvalue weighted by molar-refractivity contribution is 7.13. The van der Waals surface area contributed by atoms with Crippen LogP contribution in [0.2, 0.25) is 5.02 Å². The lowest BCUT2D eigenvalue weighted by atomic mass is 10.1. The third kappa shape index (κ3) is 2.36. The van der Waals surface area contributed by atoms with Crippen LogP contribution in [0.4, 0.5) is 5.82 Å². The summed E-state index contributed by atoms with van der Waals surface area (Å²) in [4.78, 5) is 4.32. The van der Waals surface area contributed by atoms with E-state index >= 15 is 0 Å². The average Bonchev–Trinajstić information content (AvgIpc) is 2.80. The Bertz CT molecular complexity index is 542. The van der Waals surface area contributed by atoms with E-state index in [0.717, 1.165) is 21.9 Å². The summed E-state index contributed by atoms with van der Waals surface area (Å²) < 4.78 is 5.33. The van der Waals surface area contributed by atoms with Crippen molar-refractivity contribution in [2.75, 3.05) is 12.5 Å². The van der Waals surface area contributed by atoms with Crippen LogP contribution in [-0.4, -0.2) is 12.1 Å². The molecule has 0 aliphatic rings. The number of hydrogen-bond donors (Lipinski definition) is 2. The van der Waals surface area contributed by atoms with Gasteiger partial charge in [-0.25, -0.2) is 10.8 Å². The van der Waals surface area contributed by atoms with Gasteiger partial charge in [-0.05, 0) is 24.6 Å². The van der Waals surface area contributed by atoms with E-state index in [1.54, 1.807) is 7.11 Å². The van der Waals surface area contributed by atoms with Gasteiger partial charge < -0.3 is 10.2 Å². The summed E-state index contributed by atoms with van der Waals surface area (Å²) in [6, 6.07) is 3.75. The molecule has 0 fully saturated rings. The lowest BCUT2D eigenvalue weighted by molar-refractivity contribution is 0.416. The van der Waals surface area contributed by atoms with Crippen molar-refractivity contribution >= 4 is 28.8 Å². The van der Waals surface area contributed by atoms with Crippen molar-refractivity contribution in [3.63, 3.8) is 0 Å². The van der Waals surface area contributed by atoms with Crippen LogP contribution in [0.1, 0.15) is 5.56 Å². The molecule has 0 bridgehead atoms. The highest BCUT2D eigenvalue weighted by atomic mass is 35.5. The summed E-state index contributed by atoms with van der Waals surface area (Å²) in [5.74, 6) is 6.69. The fraction of sp³-hybridized carbons (Fsp3) is 0.182. The van der Waals surface area contributed by atoms with Crippen molar-refractivity contribution < 1.29 is 4.74 Å². The number of hydrazine groups is 1. The predicted molar refractivity (Wildman–Crippen MR) is 71.7 cm³/mol. The van der Waals surface area contributed by atoms with Gasteiger partial charge in [0, 0.05) is 10.4 Å². The van der Waals surface area contributed by atoms with Gasteiger partial charge in [-0.1, -0.05) is 11.6 Å². The number of hydrogen-bond acceptors (Lipinski definition) is 5. The fourth-order valence-corrected chi connectivity index (χ4v) is 2.40. The van der Waals surface area contributed by atoms with Gasteiger partial charge in [0.15, 0.2) is 5.82 Å². The number of nitrogens with zero attached hydrogens (tertiary/aromatic N) is 1. The maximum Gasteiger partial charge on any atom is 0.151 e. The van der Waals surface area contributed by atoms with E-state index in [2.05, 4.69) is 10.4 Å². The molecule has 90 valence electrons. The van der Waals surface area contributed by atoms with E-state index in [-0.39, 0.29) is 0 Å². The number of thiazole rings is 1. The van der Waals surface area contributed by atoms with Crippen LogP contribution in [0.25, 0.3) is 10.6 Å². The maximum atomic E-state index is 6.11. The Labute approximate surface area is 108 Å².